The predicted octanol–water partition coefficient (Wildman–Crippen LogP) is 3.24. The lowest BCUT2D eigenvalue weighted by atomic mass is 10.1. The van der Waals surface area contributed by atoms with Crippen molar-refractivity contribution in [2.24, 2.45) is 0 Å². The summed E-state index contributed by atoms with van der Waals surface area (Å²) in [5, 5.41) is 11.3. The first-order valence-electron chi connectivity index (χ1n) is 8.58. The highest BCUT2D eigenvalue weighted by atomic mass is 16.5. The summed E-state index contributed by atoms with van der Waals surface area (Å²) in [4.78, 5) is 14.3. The van der Waals surface area contributed by atoms with Crippen LogP contribution in [0.3, 0.4) is 0 Å². The van der Waals surface area contributed by atoms with Crippen molar-refractivity contribution in [2.75, 3.05) is 0 Å². The summed E-state index contributed by atoms with van der Waals surface area (Å²) in [7, 11) is 0. The lowest BCUT2D eigenvalue weighted by Crippen LogP contribution is -2.32. The van der Waals surface area contributed by atoms with Crippen molar-refractivity contribution in [1.82, 2.24) is 20.3 Å². The number of hydrogen-bond donors (Lipinski definition) is 1. The topological polar surface area (TPSA) is 69.0 Å². The van der Waals surface area contributed by atoms with Gasteiger partial charge in [-0.25, -0.2) is 0 Å². The minimum absolute atomic E-state index is 0.0960. The van der Waals surface area contributed by atoms with Gasteiger partial charge in [0.2, 0.25) is 0 Å². The van der Waals surface area contributed by atoms with Crippen LogP contribution >= 0.6 is 0 Å². The summed E-state index contributed by atoms with van der Waals surface area (Å²) in [5.41, 5.74) is 1.58. The van der Waals surface area contributed by atoms with Gasteiger partial charge in [-0.3, -0.25) is 4.79 Å². The highest BCUT2D eigenvalue weighted by molar-refractivity contribution is 5.94. The van der Waals surface area contributed by atoms with Gasteiger partial charge < -0.3 is 10.1 Å². The number of carbonyl (C=O) groups excluding carboxylic acids is 1. The first kappa shape index (κ1) is 17.7. The van der Waals surface area contributed by atoms with Gasteiger partial charge in [0.05, 0.1) is 31.1 Å². The normalized spacial score (nSPS) is 12.0. The molecular formula is C20H22N4O2. The van der Waals surface area contributed by atoms with Gasteiger partial charge in [-0.05, 0) is 43.7 Å². The molecule has 3 aromatic rings. The Balaban J connectivity index is 1.74. The van der Waals surface area contributed by atoms with Gasteiger partial charge in [0.1, 0.15) is 5.75 Å². The lowest BCUT2D eigenvalue weighted by molar-refractivity contribution is 0.0930. The van der Waals surface area contributed by atoms with Crippen molar-refractivity contribution in [1.29, 1.82) is 0 Å². The van der Waals surface area contributed by atoms with E-state index in [4.69, 9.17) is 4.74 Å². The molecule has 6 heteroatoms. The maximum absolute atomic E-state index is 12.7. The Morgan fingerprint density at radius 2 is 1.69 bits per heavy atom. The van der Waals surface area contributed by atoms with Crippen LogP contribution in [0.4, 0.5) is 0 Å². The van der Waals surface area contributed by atoms with Crippen LogP contribution in [0.1, 0.15) is 35.8 Å². The van der Waals surface area contributed by atoms with E-state index in [-0.39, 0.29) is 18.1 Å². The largest absolute Gasteiger partial charge is 0.491 e. The summed E-state index contributed by atoms with van der Waals surface area (Å²) in [6.07, 6.45) is 3.34. The number of aromatic nitrogens is 3. The molecule has 1 aromatic heterocycles. The van der Waals surface area contributed by atoms with Crippen LogP contribution in [0.15, 0.2) is 67.0 Å². The lowest BCUT2D eigenvalue weighted by Gasteiger charge is -2.19. The van der Waals surface area contributed by atoms with E-state index in [0.717, 1.165) is 11.3 Å². The fourth-order valence-electron chi connectivity index (χ4n) is 2.62. The van der Waals surface area contributed by atoms with Crippen LogP contribution in [-0.2, 0) is 6.54 Å². The van der Waals surface area contributed by atoms with Crippen molar-refractivity contribution in [3.8, 4) is 5.75 Å². The Labute approximate surface area is 152 Å². The van der Waals surface area contributed by atoms with Crippen molar-refractivity contribution in [3.05, 3.63) is 78.1 Å². The molecule has 3 rings (SSSR count). The van der Waals surface area contributed by atoms with Crippen LogP contribution in [0, 0.1) is 0 Å². The molecule has 0 aliphatic rings. The summed E-state index contributed by atoms with van der Waals surface area (Å²) < 4.78 is 5.62. The van der Waals surface area contributed by atoms with Crippen LogP contribution in [0.5, 0.6) is 5.75 Å². The van der Waals surface area contributed by atoms with Gasteiger partial charge in [-0.2, -0.15) is 15.0 Å². The van der Waals surface area contributed by atoms with Crippen molar-refractivity contribution in [2.45, 2.75) is 32.5 Å². The highest BCUT2D eigenvalue weighted by Crippen LogP contribution is 2.17. The van der Waals surface area contributed by atoms with Gasteiger partial charge in [-0.15, -0.1) is 0 Å². The average Bonchev–Trinajstić information content (AvgIpc) is 3.15. The standard InChI is InChI=1S/C20H22N4O2/c1-15(2)26-18-10-8-17(9-11-18)20(25)23-19(14-24-21-12-13-22-24)16-6-4-3-5-7-16/h3-13,15,19H,14H2,1-2H3,(H,23,25). The number of carbonyl (C=O) groups is 1. The molecule has 2 aromatic carbocycles. The third-order valence-electron chi connectivity index (χ3n) is 3.81. The van der Waals surface area contributed by atoms with Crippen LogP contribution < -0.4 is 10.1 Å². The average molecular weight is 350 g/mol. The summed E-state index contributed by atoms with van der Waals surface area (Å²) >= 11 is 0. The SMILES string of the molecule is CC(C)Oc1ccc(C(=O)NC(Cn2nccn2)c2ccccc2)cc1. The molecule has 134 valence electrons. The summed E-state index contributed by atoms with van der Waals surface area (Å²) in [5.74, 6) is 0.596. The van der Waals surface area contributed by atoms with E-state index in [1.807, 2.05) is 56.3 Å². The number of nitrogens with one attached hydrogen (secondary N) is 1. The third kappa shape index (κ3) is 4.69. The number of hydrogen-bond acceptors (Lipinski definition) is 4. The molecule has 1 heterocycles. The Morgan fingerprint density at radius 1 is 1.04 bits per heavy atom. The number of nitrogens with zero attached hydrogens (tertiary/aromatic N) is 3. The second-order valence-corrected chi connectivity index (χ2v) is 6.21. The number of ether oxygens (including phenoxy) is 1. The smallest absolute Gasteiger partial charge is 0.251 e. The van der Waals surface area contributed by atoms with E-state index in [1.54, 1.807) is 29.3 Å². The maximum Gasteiger partial charge on any atom is 0.251 e. The minimum Gasteiger partial charge on any atom is -0.491 e. The maximum atomic E-state index is 12.7. The van der Waals surface area contributed by atoms with Crippen LogP contribution in [0.25, 0.3) is 0 Å². The summed E-state index contributed by atoms with van der Waals surface area (Å²) in [6.45, 7) is 4.39. The molecule has 0 radical (unpaired) electrons. The molecule has 1 unspecified atom stereocenters. The van der Waals surface area contributed by atoms with E-state index in [2.05, 4.69) is 15.5 Å². The monoisotopic (exact) mass is 350 g/mol. The van der Waals surface area contributed by atoms with Gasteiger partial charge in [0.25, 0.3) is 5.91 Å². The van der Waals surface area contributed by atoms with Crippen LogP contribution in [0.2, 0.25) is 0 Å². The second kappa shape index (κ2) is 8.29. The molecule has 0 bridgehead atoms. The molecule has 0 saturated heterocycles. The molecule has 0 spiro atoms. The van der Waals surface area contributed by atoms with E-state index < -0.39 is 0 Å². The molecule has 0 aliphatic heterocycles. The van der Waals surface area contributed by atoms with E-state index in [9.17, 15) is 4.79 Å². The Hall–Kier alpha value is -3.15. The van der Waals surface area contributed by atoms with Gasteiger partial charge in [-0.1, -0.05) is 30.3 Å². The van der Waals surface area contributed by atoms with Gasteiger partial charge >= 0.3 is 0 Å². The molecular weight excluding hydrogens is 328 g/mol. The van der Waals surface area contributed by atoms with Crippen molar-refractivity contribution < 1.29 is 9.53 Å². The second-order valence-electron chi connectivity index (χ2n) is 6.21. The quantitative estimate of drug-likeness (QED) is 0.710. The zero-order valence-electron chi connectivity index (χ0n) is 14.9. The first-order chi connectivity index (χ1) is 12.6. The fourth-order valence-corrected chi connectivity index (χ4v) is 2.62. The number of amides is 1. The highest BCUT2D eigenvalue weighted by Gasteiger charge is 2.17. The molecule has 1 amide bonds. The van der Waals surface area contributed by atoms with Gasteiger partial charge in [0.15, 0.2) is 0 Å². The molecule has 0 saturated carbocycles. The Bertz CT molecular complexity index is 815. The van der Waals surface area contributed by atoms with Crippen molar-refractivity contribution in [3.63, 3.8) is 0 Å². The number of benzene rings is 2. The predicted molar refractivity (Wildman–Crippen MR) is 98.9 cm³/mol. The Kier molecular flexibility index (Phi) is 5.63. The minimum atomic E-state index is -0.234. The van der Waals surface area contributed by atoms with E-state index >= 15 is 0 Å². The number of rotatable bonds is 7. The van der Waals surface area contributed by atoms with Crippen molar-refractivity contribution >= 4 is 5.91 Å². The molecule has 0 aliphatic carbocycles. The molecule has 6 nitrogen and oxygen atoms in total. The van der Waals surface area contributed by atoms with Crippen LogP contribution in [-0.4, -0.2) is 27.0 Å². The van der Waals surface area contributed by atoms with E-state index in [0.29, 0.717) is 12.1 Å². The molecule has 1 atom stereocenters. The zero-order chi connectivity index (χ0) is 18.4. The first-order valence-corrected chi connectivity index (χ1v) is 8.58. The molecule has 0 fully saturated rings. The Morgan fingerprint density at radius 3 is 2.31 bits per heavy atom. The summed E-state index contributed by atoms with van der Waals surface area (Å²) in [6, 6.07) is 16.7. The van der Waals surface area contributed by atoms with Gasteiger partial charge in [0, 0.05) is 5.56 Å². The fraction of sp³-hybridized carbons (Fsp3) is 0.250. The van der Waals surface area contributed by atoms with E-state index in [1.165, 1.54) is 0 Å². The molecule has 1 N–H and O–H groups in total. The third-order valence-corrected chi connectivity index (χ3v) is 3.81. The molecule has 26 heavy (non-hydrogen) atoms. The zero-order valence-corrected chi connectivity index (χ0v) is 14.9.